The lowest BCUT2D eigenvalue weighted by Gasteiger charge is -2.05. The van der Waals surface area contributed by atoms with Gasteiger partial charge in [0.25, 0.3) is 0 Å². The lowest BCUT2D eigenvalue weighted by Crippen LogP contribution is -2.22. The summed E-state index contributed by atoms with van der Waals surface area (Å²) in [6.07, 6.45) is 0. The minimum absolute atomic E-state index is 0.223. The molecule has 0 aliphatic rings. The minimum atomic E-state index is -3.49. The van der Waals surface area contributed by atoms with E-state index in [0.717, 1.165) is 17.0 Å². The van der Waals surface area contributed by atoms with Crippen molar-refractivity contribution in [2.45, 2.75) is 24.9 Å². The number of sulfonamides is 1. The number of nitrogens with one attached hydrogen (secondary N) is 2. The summed E-state index contributed by atoms with van der Waals surface area (Å²) in [6.45, 7) is 3.77. The second kappa shape index (κ2) is 7.38. The Morgan fingerprint density at radius 3 is 2.76 bits per heavy atom. The van der Waals surface area contributed by atoms with Crippen LogP contribution < -0.4 is 10.0 Å². The molecule has 2 aromatic rings. The van der Waals surface area contributed by atoms with Gasteiger partial charge in [0.05, 0.1) is 4.90 Å². The van der Waals surface area contributed by atoms with E-state index in [1.807, 2.05) is 13.0 Å². The summed E-state index contributed by atoms with van der Waals surface area (Å²) in [4.78, 5) is 1.31. The predicted molar refractivity (Wildman–Crippen MR) is 87.2 cm³/mol. The van der Waals surface area contributed by atoms with Crippen LogP contribution in [0.5, 0.6) is 0 Å². The molecule has 0 saturated carbocycles. The molecule has 0 spiro atoms. The molecule has 0 aliphatic carbocycles. The van der Waals surface area contributed by atoms with Crippen LogP contribution in [0.4, 0.5) is 0 Å². The topological polar surface area (TPSA) is 58.2 Å². The van der Waals surface area contributed by atoms with Gasteiger partial charge in [-0.25, -0.2) is 13.1 Å². The third kappa shape index (κ3) is 4.79. The van der Waals surface area contributed by atoms with Crippen LogP contribution in [0.15, 0.2) is 40.6 Å². The third-order valence-electron chi connectivity index (χ3n) is 2.84. The Labute approximate surface area is 134 Å². The standard InChI is InChI=1S/C14H17ClN2O2S2/c1-2-16-9-13-7-14(10-20-13)21(18,19)17-8-11-4-3-5-12(15)6-11/h3-7,10,16-17H,2,8-9H2,1H3. The Morgan fingerprint density at radius 2 is 2.05 bits per heavy atom. The predicted octanol–water partition coefficient (Wildman–Crippen LogP) is 2.99. The van der Waals surface area contributed by atoms with Crippen LogP contribution in [-0.2, 0) is 23.1 Å². The molecule has 1 heterocycles. The molecule has 0 unspecified atom stereocenters. The van der Waals surface area contributed by atoms with Crippen LogP contribution in [0.1, 0.15) is 17.4 Å². The fraction of sp³-hybridized carbons (Fsp3) is 0.286. The number of halogens is 1. The number of hydrogen-bond acceptors (Lipinski definition) is 4. The zero-order valence-electron chi connectivity index (χ0n) is 11.6. The molecule has 0 fully saturated rings. The van der Waals surface area contributed by atoms with Crippen LogP contribution in [0, 0.1) is 0 Å². The van der Waals surface area contributed by atoms with E-state index in [9.17, 15) is 8.42 Å². The summed E-state index contributed by atoms with van der Waals surface area (Å²) in [6, 6.07) is 8.83. The van der Waals surface area contributed by atoms with E-state index in [-0.39, 0.29) is 6.54 Å². The minimum Gasteiger partial charge on any atom is -0.312 e. The summed E-state index contributed by atoms with van der Waals surface area (Å²) >= 11 is 7.32. The van der Waals surface area contributed by atoms with E-state index >= 15 is 0 Å². The smallest absolute Gasteiger partial charge is 0.241 e. The monoisotopic (exact) mass is 344 g/mol. The average molecular weight is 345 g/mol. The Hall–Kier alpha value is -0.920. The molecule has 0 amide bonds. The summed E-state index contributed by atoms with van der Waals surface area (Å²) < 4.78 is 27.0. The van der Waals surface area contributed by atoms with Crippen LogP contribution in [0.25, 0.3) is 0 Å². The molecule has 2 N–H and O–H groups in total. The molecule has 0 atom stereocenters. The average Bonchev–Trinajstić information content (AvgIpc) is 2.93. The Balaban J connectivity index is 2.02. The fourth-order valence-corrected chi connectivity index (χ4v) is 4.23. The van der Waals surface area contributed by atoms with Crippen molar-refractivity contribution >= 4 is 33.0 Å². The Bertz CT molecular complexity index is 699. The van der Waals surface area contributed by atoms with Gasteiger partial charge in [-0.1, -0.05) is 30.7 Å². The van der Waals surface area contributed by atoms with E-state index in [1.165, 1.54) is 11.3 Å². The highest BCUT2D eigenvalue weighted by atomic mass is 35.5. The van der Waals surface area contributed by atoms with Crippen molar-refractivity contribution in [2.24, 2.45) is 0 Å². The van der Waals surface area contributed by atoms with Crippen molar-refractivity contribution < 1.29 is 8.42 Å². The second-order valence-electron chi connectivity index (χ2n) is 4.48. The first kappa shape index (κ1) is 16.5. The largest absolute Gasteiger partial charge is 0.312 e. The van der Waals surface area contributed by atoms with Crippen molar-refractivity contribution in [3.63, 3.8) is 0 Å². The summed E-state index contributed by atoms with van der Waals surface area (Å²) in [5.74, 6) is 0. The van der Waals surface area contributed by atoms with Crippen LogP contribution >= 0.6 is 22.9 Å². The fourth-order valence-electron chi connectivity index (χ4n) is 1.75. The van der Waals surface area contributed by atoms with E-state index in [2.05, 4.69) is 10.0 Å². The highest BCUT2D eigenvalue weighted by Gasteiger charge is 2.15. The van der Waals surface area contributed by atoms with Gasteiger partial charge in [-0.05, 0) is 30.3 Å². The zero-order valence-corrected chi connectivity index (χ0v) is 14.0. The maximum Gasteiger partial charge on any atom is 0.241 e. The normalized spacial score (nSPS) is 11.7. The quantitative estimate of drug-likeness (QED) is 0.811. The maximum atomic E-state index is 12.2. The van der Waals surface area contributed by atoms with Crippen molar-refractivity contribution in [1.82, 2.24) is 10.0 Å². The summed E-state index contributed by atoms with van der Waals surface area (Å²) in [5.41, 5.74) is 0.828. The van der Waals surface area contributed by atoms with Gasteiger partial charge in [-0.2, -0.15) is 0 Å². The molecule has 0 radical (unpaired) electrons. The number of thiophene rings is 1. The molecular weight excluding hydrogens is 328 g/mol. The van der Waals surface area contributed by atoms with E-state index in [0.29, 0.717) is 16.5 Å². The highest BCUT2D eigenvalue weighted by Crippen LogP contribution is 2.19. The number of benzene rings is 1. The molecule has 0 bridgehead atoms. The van der Waals surface area contributed by atoms with E-state index < -0.39 is 10.0 Å². The van der Waals surface area contributed by atoms with Gasteiger partial charge >= 0.3 is 0 Å². The lowest BCUT2D eigenvalue weighted by molar-refractivity contribution is 0.581. The second-order valence-corrected chi connectivity index (χ2v) is 7.68. The third-order valence-corrected chi connectivity index (χ3v) is 5.55. The van der Waals surface area contributed by atoms with Crippen molar-refractivity contribution in [2.75, 3.05) is 6.54 Å². The van der Waals surface area contributed by atoms with Gasteiger partial charge in [0, 0.05) is 28.4 Å². The van der Waals surface area contributed by atoms with Gasteiger partial charge in [0.1, 0.15) is 0 Å². The van der Waals surface area contributed by atoms with Crippen LogP contribution in [-0.4, -0.2) is 15.0 Å². The molecule has 1 aromatic carbocycles. The highest BCUT2D eigenvalue weighted by molar-refractivity contribution is 7.89. The van der Waals surface area contributed by atoms with E-state index in [4.69, 9.17) is 11.6 Å². The van der Waals surface area contributed by atoms with E-state index in [1.54, 1.807) is 29.6 Å². The first-order chi connectivity index (χ1) is 10.0. The zero-order chi connectivity index (χ0) is 15.3. The van der Waals surface area contributed by atoms with Crippen LogP contribution in [0.2, 0.25) is 5.02 Å². The number of rotatable bonds is 7. The molecule has 0 saturated heterocycles. The molecule has 4 nitrogen and oxygen atoms in total. The molecule has 1 aromatic heterocycles. The summed E-state index contributed by atoms with van der Waals surface area (Å²) in [7, 11) is -3.49. The van der Waals surface area contributed by atoms with Gasteiger partial charge in [0.15, 0.2) is 0 Å². The van der Waals surface area contributed by atoms with Gasteiger partial charge in [-0.3, -0.25) is 0 Å². The molecule has 7 heteroatoms. The van der Waals surface area contributed by atoms with Crippen molar-refractivity contribution in [3.8, 4) is 0 Å². The molecule has 0 aliphatic heterocycles. The van der Waals surface area contributed by atoms with Crippen molar-refractivity contribution in [1.29, 1.82) is 0 Å². The lowest BCUT2D eigenvalue weighted by atomic mass is 10.2. The Kier molecular flexibility index (Phi) is 5.78. The van der Waals surface area contributed by atoms with Gasteiger partial charge < -0.3 is 5.32 Å². The summed E-state index contributed by atoms with van der Waals surface area (Å²) in [5, 5.41) is 5.43. The van der Waals surface area contributed by atoms with Crippen molar-refractivity contribution in [3.05, 3.63) is 51.2 Å². The molecule has 21 heavy (non-hydrogen) atoms. The van der Waals surface area contributed by atoms with Gasteiger partial charge in [0.2, 0.25) is 10.0 Å². The SMILES string of the molecule is CCNCc1cc(S(=O)(=O)NCc2cccc(Cl)c2)cs1. The number of hydrogen-bond donors (Lipinski definition) is 2. The first-order valence-electron chi connectivity index (χ1n) is 6.53. The molecule has 2 rings (SSSR count). The molecule has 114 valence electrons. The van der Waals surface area contributed by atoms with Crippen LogP contribution in [0.3, 0.4) is 0 Å². The van der Waals surface area contributed by atoms with Gasteiger partial charge in [-0.15, -0.1) is 11.3 Å². The molecular formula is C14H17ClN2O2S2. The maximum absolute atomic E-state index is 12.2. The Morgan fingerprint density at radius 1 is 1.24 bits per heavy atom. The first-order valence-corrected chi connectivity index (χ1v) is 9.27.